The number of hydrogen-bond donors (Lipinski definition) is 3. The number of nitrogens with one attached hydrogen (secondary N) is 1. The summed E-state index contributed by atoms with van der Waals surface area (Å²) in [4.78, 5) is 22.8. The maximum Gasteiger partial charge on any atom is 0.407 e. The Kier molecular flexibility index (Phi) is 5.00. The van der Waals surface area contributed by atoms with Gasteiger partial charge < -0.3 is 20.9 Å². The SMILES string of the molecule is NCC(CNC(=O)OCC1c2ccccc2-c2ccccc21)C(=O)O. The van der Waals surface area contributed by atoms with E-state index in [0.717, 1.165) is 22.3 Å². The van der Waals surface area contributed by atoms with E-state index in [1.165, 1.54) is 0 Å². The number of carboxylic acid groups (broad SMARTS) is 1. The molecule has 1 amide bonds. The molecule has 6 nitrogen and oxygen atoms in total. The van der Waals surface area contributed by atoms with Gasteiger partial charge in [-0.15, -0.1) is 0 Å². The summed E-state index contributed by atoms with van der Waals surface area (Å²) < 4.78 is 5.33. The second kappa shape index (κ2) is 7.36. The van der Waals surface area contributed by atoms with E-state index >= 15 is 0 Å². The van der Waals surface area contributed by atoms with Gasteiger partial charge in [0.15, 0.2) is 0 Å². The van der Waals surface area contributed by atoms with Crippen LogP contribution in [0.25, 0.3) is 11.1 Å². The molecular weight excluding hydrogens is 320 g/mol. The number of carboxylic acids is 1. The van der Waals surface area contributed by atoms with E-state index in [2.05, 4.69) is 17.4 Å². The van der Waals surface area contributed by atoms with Gasteiger partial charge >= 0.3 is 12.1 Å². The van der Waals surface area contributed by atoms with Gasteiger partial charge in [0.05, 0.1) is 5.92 Å². The third kappa shape index (κ3) is 3.49. The summed E-state index contributed by atoms with van der Waals surface area (Å²) >= 11 is 0. The van der Waals surface area contributed by atoms with E-state index in [-0.39, 0.29) is 25.6 Å². The zero-order chi connectivity index (χ0) is 17.8. The van der Waals surface area contributed by atoms with Crippen LogP contribution in [0.2, 0.25) is 0 Å². The van der Waals surface area contributed by atoms with Gasteiger partial charge in [-0.1, -0.05) is 48.5 Å². The fourth-order valence-electron chi connectivity index (χ4n) is 3.13. The molecule has 25 heavy (non-hydrogen) atoms. The molecule has 0 saturated carbocycles. The molecule has 6 heteroatoms. The first kappa shape index (κ1) is 17.0. The number of ether oxygens (including phenoxy) is 1. The Balaban J connectivity index is 1.65. The van der Waals surface area contributed by atoms with Gasteiger partial charge in [-0.25, -0.2) is 4.79 Å². The molecule has 2 aromatic rings. The molecule has 0 heterocycles. The summed E-state index contributed by atoms with van der Waals surface area (Å²) in [5.74, 6) is -1.88. The highest BCUT2D eigenvalue weighted by Gasteiger charge is 2.29. The number of nitrogens with two attached hydrogens (primary N) is 1. The van der Waals surface area contributed by atoms with Crippen molar-refractivity contribution in [2.75, 3.05) is 19.7 Å². The third-order valence-electron chi connectivity index (χ3n) is 4.47. The Labute approximate surface area is 145 Å². The van der Waals surface area contributed by atoms with Crippen LogP contribution in [0, 0.1) is 5.92 Å². The number of alkyl carbamates (subject to hydrolysis) is 1. The van der Waals surface area contributed by atoms with Crippen molar-refractivity contribution >= 4 is 12.1 Å². The smallest absolute Gasteiger partial charge is 0.407 e. The summed E-state index contributed by atoms with van der Waals surface area (Å²) in [6.45, 7) is 0.0989. The molecule has 0 radical (unpaired) electrons. The van der Waals surface area contributed by atoms with Crippen LogP contribution >= 0.6 is 0 Å². The van der Waals surface area contributed by atoms with Crippen molar-refractivity contribution in [2.24, 2.45) is 11.7 Å². The second-order valence-corrected chi connectivity index (χ2v) is 5.98. The van der Waals surface area contributed by atoms with Crippen molar-refractivity contribution in [3.63, 3.8) is 0 Å². The number of amides is 1. The summed E-state index contributed by atoms with van der Waals surface area (Å²) in [5, 5.41) is 11.4. The van der Waals surface area contributed by atoms with E-state index in [1.54, 1.807) is 0 Å². The maximum atomic E-state index is 11.9. The van der Waals surface area contributed by atoms with Crippen LogP contribution in [0.15, 0.2) is 48.5 Å². The third-order valence-corrected chi connectivity index (χ3v) is 4.47. The molecule has 0 bridgehead atoms. The highest BCUT2D eigenvalue weighted by Crippen LogP contribution is 2.44. The highest BCUT2D eigenvalue weighted by molar-refractivity contribution is 5.79. The van der Waals surface area contributed by atoms with Gasteiger partial charge in [0.1, 0.15) is 6.61 Å². The number of aliphatic carboxylic acids is 1. The number of carbonyl (C=O) groups excluding carboxylic acids is 1. The molecule has 0 fully saturated rings. The number of rotatable bonds is 6. The normalized spacial score (nSPS) is 13.6. The average Bonchev–Trinajstić information content (AvgIpc) is 2.94. The molecule has 0 saturated heterocycles. The molecule has 1 atom stereocenters. The fraction of sp³-hybridized carbons (Fsp3) is 0.263. The first-order valence-electron chi connectivity index (χ1n) is 8.13. The van der Waals surface area contributed by atoms with Crippen LogP contribution in [0.4, 0.5) is 4.79 Å². The van der Waals surface area contributed by atoms with Crippen LogP contribution in [-0.4, -0.2) is 36.9 Å². The lowest BCUT2D eigenvalue weighted by Gasteiger charge is -2.15. The fourth-order valence-corrected chi connectivity index (χ4v) is 3.13. The summed E-state index contributed by atoms with van der Waals surface area (Å²) in [6, 6.07) is 16.1. The lowest BCUT2D eigenvalue weighted by atomic mass is 9.98. The minimum Gasteiger partial charge on any atom is -0.481 e. The molecule has 4 N–H and O–H groups in total. The largest absolute Gasteiger partial charge is 0.481 e. The second-order valence-electron chi connectivity index (χ2n) is 5.98. The molecule has 3 rings (SSSR count). The molecule has 1 aliphatic carbocycles. The van der Waals surface area contributed by atoms with Gasteiger partial charge in [-0.05, 0) is 22.3 Å². The zero-order valence-electron chi connectivity index (χ0n) is 13.6. The van der Waals surface area contributed by atoms with Crippen molar-refractivity contribution in [1.29, 1.82) is 0 Å². The first-order chi connectivity index (χ1) is 12.1. The number of benzene rings is 2. The molecule has 2 aromatic carbocycles. The Bertz CT molecular complexity index is 745. The van der Waals surface area contributed by atoms with Crippen molar-refractivity contribution in [2.45, 2.75) is 5.92 Å². The Morgan fingerprint density at radius 3 is 2.16 bits per heavy atom. The topological polar surface area (TPSA) is 102 Å². The zero-order valence-corrected chi connectivity index (χ0v) is 13.6. The monoisotopic (exact) mass is 340 g/mol. The molecule has 0 spiro atoms. The molecule has 1 unspecified atom stereocenters. The van der Waals surface area contributed by atoms with Gasteiger partial charge in [0, 0.05) is 19.0 Å². The van der Waals surface area contributed by atoms with E-state index in [4.69, 9.17) is 15.6 Å². The minimum atomic E-state index is -1.04. The van der Waals surface area contributed by atoms with Gasteiger partial charge in [0.25, 0.3) is 0 Å². The predicted octanol–water partition coefficient (Wildman–Crippen LogP) is 2.18. The van der Waals surface area contributed by atoms with Crippen molar-refractivity contribution in [3.05, 3.63) is 59.7 Å². The number of fused-ring (bicyclic) bond motifs is 3. The lowest BCUT2D eigenvalue weighted by molar-refractivity contribution is -0.141. The first-order valence-corrected chi connectivity index (χ1v) is 8.13. The van der Waals surface area contributed by atoms with E-state index in [1.807, 2.05) is 36.4 Å². The minimum absolute atomic E-state index is 0.0251. The Morgan fingerprint density at radius 1 is 1.08 bits per heavy atom. The Hall–Kier alpha value is -2.86. The average molecular weight is 340 g/mol. The van der Waals surface area contributed by atoms with Crippen LogP contribution < -0.4 is 11.1 Å². The van der Waals surface area contributed by atoms with Crippen LogP contribution in [0.1, 0.15) is 17.0 Å². The summed E-state index contributed by atoms with van der Waals surface area (Å²) in [7, 11) is 0. The maximum absolute atomic E-state index is 11.9. The molecular formula is C19H20N2O4. The standard InChI is InChI=1S/C19H20N2O4/c20-9-12(18(22)23)10-21-19(24)25-11-17-15-7-3-1-5-13(15)14-6-2-4-8-16(14)17/h1-8,12,17H,9-11,20H2,(H,21,24)(H,22,23). The number of hydrogen-bond acceptors (Lipinski definition) is 4. The molecule has 0 aliphatic heterocycles. The van der Waals surface area contributed by atoms with Gasteiger partial charge in [-0.2, -0.15) is 0 Å². The van der Waals surface area contributed by atoms with Crippen LogP contribution in [0.5, 0.6) is 0 Å². The summed E-state index contributed by atoms with van der Waals surface area (Å²) in [6.07, 6.45) is -0.637. The molecule has 1 aliphatic rings. The van der Waals surface area contributed by atoms with Gasteiger partial charge in [-0.3, -0.25) is 4.79 Å². The molecule has 0 aromatic heterocycles. The van der Waals surface area contributed by atoms with Crippen molar-refractivity contribution < 1.29 is 19.4 Å². The van der Waals surface area contributed by atoms with E-state index < -0.39 is 18.0 Å². The van der Waals surface area contributed by atoms with Gasteiger partial charge in [0.2, 0.25) is 0 Å². The van der Waals surface area contributed by atoms with Crippen molar-refractivity contribution in [1.82, 2.24) is 5.32 Å². The van der Waals surface area contributed by atoms with E-state index in [9.17, 15) is 9.59 Å². The highest BCUT2D eigenvalue weighted by atomic mass is 16.5. The van der Waals surface area contributed by atoms with Crippen LogP contribution in [0.3, 0.4) is 0 Å². The van der Waals surface area contributed by atoms with E-state index in [0.29, 0.717) is 0 Å². The quantitative estimate of drug-likeness (QED) is 0.748. The van der Waals surface area contributed by atoms with Crippen molar-refractivity contribution in [3.8, 4) is 11.1 Å². The predicted molar refractivity (Wildman–Crippen MR) is 93.3 cm³/mol. The molecule has 130 valence electrons. The Morgan fingerprint density at radius 2 is 1.64 bits per heavy atom. The summed E-state index contributed by atoms with van der Waals surface area (Å²) in [5.41, 5.74) is 9.93. The lowest BCUT2D eigenvalue weighted by Crippen LogP contribution is -2.37. The van der Waals surface area contributed by atoms with Crippen LogP contribution in [-0.2, 0) is 9.53 Å². The number of carbonyl (C=O) groups is 2.